The van der Waals surface area contributed by atoms with Crippen LogP contribution in [-0.4, -0.2) is 45.2 Å². The van der Waals surface area contributed by atoms with Crippen molar-refractivity contribution < 1.29 is 13.5 Å². The van der Waals surface area contributed by atoms with E-state index in [2.05, 4.69) is 10.0 Å². The second kappa shape index (κ2) is 7.46. The zero-order chi connectivity index (χ0) is 13.6. The Labute approximate surface area is 116 Å². The van der Waals surface area contributed by atoms with Gasteiger partial charge < -0.3 is 10.4 Å². The molecule has 0 aliphatic rings. The number of sulfonamides is 1. The van der Waals surface area contributed by atoms with Crippen molar-refractivity contribution in [3.8, 4) is 0 Å². The van der Waals surface area contributed by atoms with E-state index in [9.17, 15) is 13.5 Å². The van der Waals surface area contributed by atoms with Crippen molar-refractivity contribution in [1.29, 1.82) is 0 Å². The van der Waals surface area contributed by atoms with Crippen LogP contribution in [0.15, 0.2) is 16.3 Å². The first-order chi connectivity index (χ1) is 8.49. The van der Waals surface area contributed by atoms with Crippen LogP contribution in [0.2, 0.25) is 0 Å². The summed E-state index contributed by atoms with van der Waals surface area (Å²) in [7, 11) is -1.94. The molecule has 1 atom stereocenters. The fraction of sp³-hybridized carbons (Fsp3) is 0.600. The van der Waals surface area contributed by atoms with Gasteiger partial charge in [0.2, 0.25) is 10.0 Å². The molecule has 0 aliphatic heterocycles. The van der Waals surface area contributed by atoms with E-state index in [4.69, 9.17) is 0 Å². The van der Waals surface area contributed by atoms with Crippen molar-refractivity contribution >= 4 is 33.1 Å². The van der Waals surface area contributed by atoms with Crippen LogP contribution >= 0.6 is 23.1 Å². The van der Waals surface area contributed by atoms with E-state index in [1.54, 1.807) is 23.9 Å². The Morgan fingerprint density at radius 1 is 1.50 bits per heavy atom. The molecule has 0 amide bonds. The van der Waals surface area contributed by atoms with Crippen molar-refractivity contribution in [3.05, 3.63) is 17.0 Å². The summed E-state index contributed by atoms with van der Waals surface area (Å²) in [6.07, 6.45) is 1.57. The molecule has 1 unspecified atom stereocenters. The SMILES string of the molecule is CNS(=O)(=O)c1ccc(CNCC(O)CSC)s1. The number of aliphatic hydroxyl groups excluding tert-OH is 1. The van der Waals surface area contributed by atoms with Crippen LogP contribution in [0.3, 0.4) is 0 Å². The number of hydrogen-bond acceptors (Lipinski definition) is 6. The van der Waals surface area contributed by atoms with Crippen molar-refractivity contribution in [3.63, 3.8) is 0 Å². The van der Waals surface area contributed by atoms with Crippen LogP contribution in [-0.2, 0) is 16.6 Å². The molecule has 0 bridgehead atoms. The normalized spacial score (nSPS) is 13.7. The first-order valence-corrected chi connectivity index (χ1v) is 9.09. The molecule has 0 spiro atoms. The zero-order valence-electron chi connectivity index (χ0n) is 10.3. The summed E-state index contributed by atoms with van der Waals surface area (Å²) in [6, 6.07) is 3.37. The van der Waals surface area contributed by atoms with Crippen LogP contribution in [0.1, 0.15) is 4.88 Å². The number of aliphatic hydroxyl groups is 1. The highest BCUT2D eigenvalue weighted by atomic mass is 32.2. The van der Waals surface area contributed by atoms with Crippen LogP contribution in [0.25, 0.3) is 0 Å². The van der Waals surface area contributed by atoms with Crippen LogP contribution in [0, 0.1) is 0 Å². The lowest BCUT2D eigenvalue weighted by Crippen LogP contribution is -2.27. The van der Waals surface area contributed by atoms with Gasteiger partial charge in [-0.1, -0.05) is 0 Å². The van der Waals surface area contributed by atoms with Gasteiger partial charge >= 0.3 is 0 Å². The average Bonchev–Trinajstić information content (AvgIpc) is 2.79. The second-order valence-corrected chi connectivity index (χ2v) is 7.86. The minimum atomic E-state index is -3.34. The number of thioether (sulfide) groups is 1. The van der Waals surface area contributed by atoms with E-state index in [-0.39, 0.29) is 6.10 Å². The predicted molar refractivity (Wildman–Crippen MR) is 76.7 cm³/mol. The van der Waals surface area contributed by atoms with Gasteiger partial charge in [0, 0.05) is 23.7 Å². The van der Waals surface area contributed by atoms with Gasteiger partial charge in [-0.2, -0.15) is 11.8 Å². The molecule has 1 aromatic heterocycles. The monoisotopic (exact) mass is 310 g/mol. The first kappa shape index (κ1) is 15.9. The van der Waals surface area contributed by atoms with Crippen LogP contribution in [0.5, 0.6) is 0 Å². The number of rotatable bonds is 8. The maximum atomic E-state index is 11.5. The average molecular weight is 310 g/mol. The Kier molecular flexibility index (Phi) is 6.61. The smallest absolute Gasteiger partial charge is 0.249 e. The summed E-state index contributed by atoms with van der Waals surface area (Å²) < 4.78 is 25.6. The Morgan fingerprint density at radius 2 is 2.22 bits per heavy atom. The summed E-state index contributed by atoms with van der Waals surface area (Å²) in [4.78, 5) is 0.931. The van der Waals surface area contributed by atoms with Crippen LogP contribution in [0.4, 0.5) is 0 Å². The largest absolute Gasteiger partial charge is 0.391 e. The standard InChI is InChI=1S/C10H18N2O3S3/c1-11-18(14,15)10-4-3-9(17-10)6-12-5-8(13)7-16-2/h3-4,8,11-13H,5-7H2,1-2H3. The Bertz CT molecular complexity index is 459. The molecule has 0 fully saturated rings. The number of nitrogens with one attached hydrogen (secondary N) is 2. The fourth-order valence-electron chi connectivity index (χ4n) is 1.31. The van der Waals surface area contributed by atoms with Crippen molar-refractivity contribution in [2.24, 2.45) is 0 Å². The molecule has 3 N–H and O–H groups in total. The van der Waals surface area contributed by atoms with Crippen molar-refractivity contribution in [1.82, 2.24) is 10.0 Å². The van der Waals surface area contributed by atoms with E-state index in [1.807, 2.05) is 6.26 Å². The molecule has 5 nitrogen and oxygen atoms in total. The highest BCUT2D eigenvalue weighted by Gasteiger charge is 2.14. The first-order valence-electron chi connectivity index (χ1n) is 5.39. The minimum absolute atomic E-state index is 0.312. The van der Waals surface area contributed by atoms with Gasteiger partial charge in [0.25, 0.3) is 0 Å². The summed E-state index contributed by atoms with van der Waals surface area (Å²) in [5, 5.41) is 12.6. The van der Waals surface area contributed by atoms with Gasteiger partial charge in [0.15, 0.2) is 0 Å². The maximum absolute atomic E-state index is 11.5. The van der Waals surface area contributed by atoms with Crippen molar-refractivity contribution in [2.75, 3.05) is 25.6 Å². The van der Waals surface area contributed by atoms with E-state index < -0.39 is 10.0 Å². The third-order valence-electron chi connectivity index (χ3n) is 2.21. The molecule has 1 heterocycles. The maximum Gasteiger partial charge on any atom is 0.249 e. The Hall–Kier alpha value is -0.120. The van der Waals surface area contributed by atoms with Gasteiger partial charge in [0.1, 0.15) is 4.21 Å². The van der Waals surface area contributed by atoms with E-state index >= 15 is 0 Å². The molecular formula is C10H18N2O3S3. The third-order valence-corrected chi connectivity index (χ3v) is 5.92. The van der Waals surface area contributed by atoms with Gasteiger partial charge in [-0.3, -0.25) is 0 Å². The highest BCUT2D eigenvalue weighted by Crippen LogP contribution is 2.20. The quantitative estimate of drug-likeness (QED) is 0.650. The van der Waals surface area contributed by atoms with E-state index in [1.165, 1.54) is 18.4 Å². The predicted octanol–water partition coefficient (Wildman–Crippen LogP) is 0.470. The zero-order valence-corrected chi connectivity index (χ0v) is 12.8. The molecule has 1 rings (SSSR count). The van der Waals surface area contributed by atoms with Crippen molar-refractivity contribution in [2.45, 2.75) is 16.9 Å². The van der Waals surface area contributed by atoms with Crippen LogP contribution < -0.4 is 10.0 Å². The molecule has 0 aliphatic carbocycles. The molecule has 0 radical (unpaired) electrons. The number of hydrogen-bond donors (Lipinski definition) is 3. The van der Waals surface area contributed by atoms with Gasteiger partial charge in [-0.15, -0.1) is 11.3 Å². The lowest BCUT2D eigenvalue weighted by molar-refractivity contribution is 0.195. The lowest BCUT2D eigenvalue weighted by atomic mass is 10.4. The Balaban J connectivity index is 2.45. The van der Waals surface area contributed by atoms with E-state index in [0.29, 0.717) is 23.1 Å². The second-order valence-electron chi connectivity index (χ2n) is 3.67. The van der Waals surface area contributed by atoms with Gasteiger partial charge in [-0.05, 0) is 25.4 Å². The molecule has 0 aromatic carbocycles. The number of thiophene rings is 1. The summed E-state index contributed by atoms with van der Waals surface area (Å²) in [5.41, 5.74) is 0. The summed E-state index contributed by atoms with van der Waals surface area (Å²) in [6.45, 7) is 1.07. The molecule has 1 aromatic rings. The van der Waals surface area contributed by atoms with Gasteiger partial charge in [0.05, 0.1) is 6.10 Å². The molecular weight excluding hydrogens is 292 g/mol. The van der Waals surface area contributed by atoms with Gasteiger partial charge in [-0.25, -0.2) is 13.1 Å². The topological polar surface area (TPSA) is 78.4 Å². The summed E-state index contributed by atoms with van der Waals surface area (Å²) in [5.74, 6) is 0.691. The van der Waals surface area contributed by atoms with E-state index in [0.717, 1.165) is 4.88 Å². The highest BCUT2D eigenvalue weighted by molar-refractivity contribution is 7.98. The molecule has 0 saturated carbocycles. The Morgan fingerprint density at radius 3 is 2.83 bits per heavy atom. The fourth-order valence-corrected chi connectivity index (χ4v) is 3.98. The molecule has 0 saturated heterocycles. The third kappa shape index (κ3) is 4.87. The minimum Gasteiger partial charge on any atom is -0.391 e. The lowest BCUT2D eigenvalue weighted by Gasteiger charge is -2.09. The molecule has 104 valence electrons. The summed E-state index contributed by atoms with van der Waals surface area (Å²) >= 11 is 2.82. The molecule has 8 heteroatoms. The molecule has 18 heavy (non-hydrogen) atoms.